The molecule has 1 atom stereocenters. The topological polar surface area (TPSA) is 105 Å². The number of benzene rings is 1. The van der Waals surface area contributed by atoms with E-state index in [-0.39, 0.29) is 23.2 Å². The monoisotopic (exact) mass is 366 g/mol. The first-order valence-electron chi connectivity index (χ1n) is 8.24. The molecule has 1 unspecified atom stereocenters. The highest BCUT2D eigenvalue weighted by Crippen LogP contribution is 2.26. The molecule has 7 nitrogen and oxygen atoms in total. The average Bonchev–Trinajstić information content (AvgIpc) is 2.78. The Morgan fingerprint density at radius 1 is 1.36 bits per heavy atom. The second kappa shape index (κ2) is 7.13. The Labute approximate surface area is 149 Å². The third-order valence-corrected chi connectivity index (χ3v) is 5.43. The van der Waals surface area contributed by atoms with Crippen LogP contribution in [0, 0.1) is 5.92 Å². The Morgan fingerprint density at radius 2 is 2.00 bits per heavy atom. The van der Waals surface area contributed by atoms with Gasteiger partial charge in [0, 0.05) is 24.7 Å². The Hall–Kier alpha value is -1.93. The number of nitrogens with zero attached hydrogens (tertiary/aromatic N) is 2. The van der Waals surface area contributed by atoms with Crippen molar-refractivity contribution in [2.45, 2.75) is 37.6 Å². The Morgan fingerprint density at radius 3 is 2.60 bits per heavy atom. The molecule has 0 bridgehead atoms. The number of hydrogen-bond donors (Lipinski definition) is 2. The van der Waals surface area contributed by atoms with E-state index in [1.54, 1.807) is 30.1 Å². The largest absolute Gasteiger partial charge is 0.349 e. The lowest BCUT2D eigenvalue weighted by molar-refractivity contribution is -0.123. The molecule has 1 aliphatic rings. The van der Waals surface area contributed by atoms with Gasteiger partial charge in [0.15, 0.2) is 5.84 Å². The van der Waals surface area contributed by atoms with Crippen LogP contribution < -0.4 is 11.1 Å². The number of fused-ring (bicyclic) bond motifs is 1. The van der Waals surface area contributed by atoms with Gasteiger partial charge in [0.1, 0.15) is 4.90 Å². The molecule has 25 heavy (non-hydrogen) atoms. The van der Waals surface area contributed by atoms with Crippen LogP contribution in [0.3, 0.4) is 0 Å². The maximum Gasteiger partial charge on any atom is 0.285 e. The summed E-state index contributed by atoms with van der Waals surface area (Å²) in [5, 5.41) is 2.96. The SMILES string of the molecule is CC(C)CC(C)(CN)NC(=O)CN(C)C1=NS(=O)(=O)c2ccccc21. The fraction of sp³-hybridized carbons (Fsp3) is 0.529. The van der Waals surface area contributed by atoms with E-state index in [4.69, 9.17) is 5.73 Å². The molecule has 0 fully saturated rings. The number of likely N-dealkylation sites (N-methyl/N-ethyl adjacent to an activating group) is 1. The van der Waals surface area contributed by atoms with Crippen molar-refractivity contribution < 1.29 is 13.2 Å². The molecular weight excluding hydrogens is 340 g/mol. The lowest BCUT2D eigenvalue weighted by atomic mass is 9.90. The summed E-state index contributed by atoms with van der Waals surface area (Å²) in [4.78, 5) is 14.1. The highest BCUT2D eigenvalue weighted by Gasteiger charge is 2.32. The minimum Gasteiger partial charge on any atom is -0.349 e. The summed E-state index contributed by atoms with van der Waals surface area (Å²) in [6.45, 7) is 6.38. The summed E-state index contributed by atoms with van der Waals surface area (Å²) in [6, 6.07) is 6.61. The van der Waals surface area contributed by atoms with E-state index in [0.717, 1.165) is 6.42 Å². The summed E-state index contributed by atoms with van der Waals surface area (Å²) in [5.74, 6) is 0.451. The van der Waals surface area contributed by atoms with Crippen molar-refractivity contribution in [3.8, 4) is 0 Å². The molecule has 8 heteroatoms. The molecule has 0 aliphatic carbocycles. The molecule has 3 N–H and O–H groups in total. The highest BCUT2D eigenvalue weighted by molar-refractivity contribution is 7.90. The van der Waals surface area contributed by atoms with Crippen LogP contribution in [0.25, 0.3) is 0 Å². The molecular formula is C17H26N4O3S. The van der Waals surface area contributed by atoms with Crippen LogP contribution in [0.5, 0.6) is 0 Å². The molecule has 1 aromatic carbocycles. The fourth-order valence-electron chi connectivity index (χ4n) is 3.12. The van der Waals surface area contributed by atoms with Crippen molar-refractivity contribution >= 4 is 21.8 Å². The van der Waals surface area contributed by atoms with E-state index in [0.29, 0.717) is 18.0 Å². The van der Waals surface area contributed by atoms with Crippen molar-refractivity contribution in [2.24, 2.45) is 16.0 Å². The van der Waals surface area contributed by atoms with E-state index in [2.05, 4.69) is 23.6 Å². The van der Waals surface area contributed by atoms with Crippen LogP contribution >= 0.6 is 0 Å². The van der Waals surface area contributed by atoms with Gasteiger partial charge >= 0.3 is 0 Å². The Bertz CT molecular complexity index is 789. The van der Waals surface area contributed by atoms with Crippen molar-refractivity contribution in [3.05, 3.63) is 29.8 Å². The van der Waals surface area contributed by atoms with Gasteiger partial charge < -0.3 is 16.0 Å². The van der Waals surface area contributed by atoms with Gasteiger partial charge in [0.2, 0.25) is 5.91 Å². The van der Waals surface area contributed by atoms with Crippen molar-refractivity contribution in [1.29, 1.82) is 0 Å². The molecule has 0 spiro atoms. The minimum absolute atomic E-state index is 0.00360. The standard InChI is InChI=1S/C17H26N4O3S/c1-12(2)9-17(3,11-18)19-15(22)10-21(4)16-13-7-5-6-8-14(13)25(23,24)20-16/h5-8,12H,9-11,18H2,1-4H3,(H,19,22). The predicted molar refractivity (Wildman–Crippen MR) is 97.9 cm³/mol. The number of nitrogens with two attached hydrogens (primary N) is 1. The minimum atomic E-state index is -3.70. The average molecular weight is 366 g/mol. The summed E-state index contributed by atoms with van der Waals surface area (Å²) < 4.78 is 28.1. The van der Waals surface area contributed by atoms with E-state index >= 15 is 0 Å². The third-order valence-electron chi connectivity index (χ3n) is 4.11. The van der Waals surface area contributed by atoms with Gasteiger partial charge in [-0.15, -0.1) is 4.40 Å². The Kier molecular flexibility index (Phi) is 5.53. The number of carbonyl (C=O) groups excluding carboxylic acids is 1. The highest BCUT2D eigenvalue weighted by atomic mass is 32.2. The van der Waals surface area contributed by atoms with Crippen molar-refractivity contribution in [2.75, 3.05) is 20.1 Å². The Balaban J connectivity index is 2.13. The first-order chi connectivity index (χ1) is 11.6. The molecule has 1 aromatic rings. The van der Waals surface area contributed by atoms with Crippen LogP contribution in [-0.2, 0) is 14.8 Å². The maximum atomic E-state index is 12.4. The normalized spacial score (nSPS) is 17.6. The zero-order valence-corrected chi connectivity index (χ0v) is 15.9. The van der Waals surface area contributed by atoms with E-state index < -0.39 is 15.6 Å². The molecule has 2 rings (SSSR count). The first kappa shape index (κ1) is 19.4. The van der Waals surface area contributed by atoms with Gasteiger partial charge in [-0.1, -0.05) is 26.0 Å². The number of amidine groups is 1. The quantitative estimate of drug-likeness (QED) is 0.780. The second-order valence-corrected chi connectivity index (χ2v) is 8.73. The summed E-state index contributed by atoms with van der Waals surface area (Å²) in [7, 11) is -2.05. The summed E-state index contributed by atoms with van der Waals surface area (Å²) in [5.41, 5.74) is 5.85. The van der Waals surface area contributed by atoms with E-state index in [1.165, 1.54) is 6.07 Å². The molecule has 0 saturated carbocycles. The maximum absolute atomic E-state index is 12.4. The van der Waals surface area contributed by atoms with Crippen molar-refractivity contribution in [1.82, 2.24) is 10.2 Å². The zero-order valence-electron chi connectivity index (χ0n) is 15.1. The number of nitrogens with one attached hydrogen (secondary N) is 1. The van der Waals surface area contributed by atoms with Crippen LogP contribution in [-0.4, -0.2) is 50.7 Å². The molecule has 0 aromatic heterocycles. The van der Waals surface area contributed by atoms with E-state index in [9.17, 15) is 13.2 Å². The third kappa shape index (κ3) is 4.38. The zero-order chi connectivity index (χ0) is 18.8. The molecule has 1 aliphatic heterocycles. The van der Waals surface area contributed by atoms with Crippen LogP contribution in [0.15, 0.2) is 33.6 Å². The number of carbonyl (C=O) groups is 1. The van der Waals surface area contributed by atoms with Crippen LogP contribution in [0.4, 0.5) is 0 Å². The lowest BCUT2D eigenvalue weighted by Gasteiger charge is -2.32. The van der Waals surface area contributed by atoms with Gasteiger partial charge in [-0.25, -0.2) is 0 Å². The number of hydrogen-bond acceptors (Lipinski definition) is 5. The molecule has 1 amide bonds. The number of amides is 1. The fourth-order valence-corrected chi connectivity index (χ4v) is 4.37. The predicted octanol–water partition coefficient (Wildman–Crippen LogP) is 0.947. The van der Waals surface area contributed by atoms with E-state index in [1.807, 2.05) is 6.92 Å². The van der Waals surface area contributed by atoms with Gasteiger partial charge in [-0.05, 0) is 31.4 Å². The summed E-state index contributed by atoms with van der Waals surface area (Å²) in [6.07, 6.45) is 0.761. The molecule has 0 radical (unpaired) electrons. The first-order valence-corrected chi connectivity index (χ1v) is 9.68. The van der Waals surface area contributed by atoms with Gasteiger partial charge in [-0.2, -0.15) is 8.42 Å². The van der Waals surface area contributed by atoms with Gasteiger partial charge in [0.05, 0.1) is 6.54 Å². The molecule has 0 saturated heterocycles. The van der Waals surface area contributed by atoms with Gasteiger partial charge in [0.25, 0.3) is 10.0 Å². The molecule has 1 heterocycles. The summed E-state index contributed by atoms with van der Waals surface area (Å²) >= 11 is 0. The lowest BCUT2D eigenvalue weighted by Crippen LogP contribution is -2.54. The smallest absolute Gasteiger partial charge is 0.285 e. The molecule has 138 valence electrons. The second-order valence-electron chi connectivity index (χ2n) is 7.15. The number of rotatable bonds is 6. The van der Waals surface area contributed by atoms with Crippen LogP contribution in [0.1, 0.15) is 32.8 Å². The number of sulfonamides is 1. The van der Waals surface area contributed by atoms with Crippen LogP contribution in [0.2, 0.25) is 0 Å². The van der Waals surface area contributed by atoms with Crippen molar-refractivity contribution in [3.63, 3.8) is 0 Å². The van der Waals surface area contributed by atoms with Gasteiger partial charge in [-0.3, -0.25) is 4.79 Å².